The Morgan fingerprint density at radius 2 is 1.89 bits per heavy atom. The van der Waals surface area contributed by atoms with Gasteiger partial charge in [0, 0.05) is 19.1 Å². The summed E-state index contributed by atoms with van der Waals surface area (Å²) in [5, 5.41) is 11.5. The maximum Gasteiger partial charge on any atom is 0.318 e. The summed E-state index contributed by atoms with van der Waals surface area (Å²) in [4.78, 5) is 24.1. The molecule has 0 aliphatic carbocycles. The number of carbonyl (C=O) groups is 2. The molecule has 0 heterocycles. The van der Waals surface area contributed by atoms with Crippen LogP contribution in [0.5, 0.6) is 0 Å². The van der Waals surface area contributed by atoms with E-state index in [9.17, 15) is 9.59 Å². The molecule has 2 N–H and O–H groups in total. The zero-order valence-electron chi connectivity index (χ0n) is 10.9. The summed E-state index contributed by atoms with van der Waals surface area (Å²) in [6.07, 6.45) is 4.65. The molecule has 0 saturated carbocycles. The van der Waals surface area contributed by atoms with Gasteiger partial charge in [0.2, 0.25) is 0 Å². The second-order valence-electron chi connectivity index (χ2n) is 4.02. The number of carboxylic acid groups (broad SMARTS) is 1. The third-order valence-corrected chi connectivity index (χ3v) is 2.37. The standard InChI is InChI=1S/C13H22N2O3/c1-4-7-11(10-12(16)17)14-13(18)15(8-5-2)9-6-3/h5-6,11H,2-4,7-10H2,1H3,(H,14,18)(H,16,17). The number of carboxylic acids is 1. The third-order valence-electron chi connectivity index (χ3n) is 2.37. The van der Waals surface area contributed by atoms with E-state index in [1.165, 1.54) is 4.90 Å². The topological polar surface area (TPSA) is 69.6 Å². The van der Waals surface area contributed by atoms with Gasteiger partial charge in [-0.15, -0.1) is 13.2 Å². The van der Waals surface area contributed by atoms with Crippen LogP contribution in [0.25, 0.3) is 0 Å². The molecule has 18 heavy (non-hydrogen) atoms. The number of amides is 2. The first kappa shape index (κ1) is 16.2. The van der Waals surface area contributed by atoms with Gasteiger partial charge in [-0.2, -0.15) is 0 Å². The number of rotatable bonds is 9. The van der Waals surface area contributed by atoms with Crippen molar-refractivity contribution in [2.24, 2.45) is 0 Å². The fourth-order valence-corrected chi connectivity index (χ4v) is 1.60. The van der Waals surface area contributed by atoms with Gasteiger partial charge in [-0.1, -0.05) is 25.5 Å². The Morgan fingerprint density at radius 3 is 2.28 bits per heavy atom. The first-order valence-corrected chi connectivity index (χ1v) is 6.04. The van der Waals surface area contributed by atoms with Gasteiger partial charge < -0.3 is 15.3 Å². The number of urea groups is 1. The van der Waals surface area contributed by atoms with Gasteiger partial charge in [0.05, 0.1) is 6.42 Å². The molecule has 0 fully saturated rings. The van der Waals surface area contributed by atoms with Crippen LogP contribution in [0.1, 0.15) is 26.2 Å². The van der Waals surface area contributed by atoms with Gasteiger partial charge in [-0.05, 0) is 6.42 Å². The normalized spacial score (nSPS) is 11.4. The van der Waals surface area contributed by atoms with Gasteiger partial charge in [0.25, 0.3) is 0 Å². The average molecular weight is 254 g/mol. The van der Waals surface area contributed by atoms with E-state index in [-0.39, 0.29) is 18.5 Å². The minimum Gasteiger partial charge on any atom is -0.481 e. The highest BCUT2D eigenvalue weighted by molar-refractivity contribution is 5.76. The van der Waals surface area contributed by atoms with Crippen LogP contribution >= 0.6 is 0 Å². The van der Waals surface area contributed by atoms with E-state index >= 15 is 0 Å². The van der Waals surface area contributed by atoms with Crippen LogP contribution in [0, 0.1) is 0 Å². The predicted octanol–water partition coefficient (Wildman–Crippen LogP) is 2.01. The smallest absolute Gasteiger partial charge is 0.318 e. The molecule has 5 heteroatoms. The number of hydrogen-bond acceptors (Lipinski definition) is 2. The van der Waals surface area contributed by atoms with Gasteiger partial charge >= 0.3 is 12.0 Å². The van der Waals surface area contributed by atoms with Crippen LogP contribution in [-0.2, 0) is 4.79 Å². The van der Waals surface area contributed by atoms with E-state index < -0.39 is 5.97 Å². The van der Waals surface area contributed by atoms with Crippen molar-refractivity contribution in [3.05, 3.63) is 25.3 Å². The van der Waals surface area contributed by atoms with E-state index in [1.54, 1.807) is 12.2 Å². The lowest BCUT2D eigenvalue weighted by molar-refractivity contribution is -0.137. The van der Waals surface area contributed by atoms with Crippen LogP contribution in [0.3, 0.4) is 0 Å². The van der Waals surface area contributed by atoms with E-state index in [2.05, 4.69) is 18.5 Å². The van der Waals surface area contributed by atoms with Gasteiger partial charge in [0.1, 0.15) is 0 Å². The van der Waals surface area contributed by atoms with Crippen LogP contribution in [0.2, 0.25) is 0 Å². The summed E-state index contributed by atoms with van der Waals surface area (Å²) >= 11 is 0. The second kappa shape index (κ2) is 9.27. The zero-order valence-corrected chi connectivity index (χ0v) is 10.9. The van der Waals surface area contributed by atoms with E-state index in [0.29, 0.717) is 19.5 Å². The summed E-state index contributed by atoms with van der Waals surface area (Å²) in [5.41, 5.74) is 0. The average Bonchev–Trinajstić information content (AvgIpc) is 2.28. The highest BCUT2D eigenvalue weighted by Crippen LogP contribution is 2.03. The zero-order chi connectivity index (χ0) is 14.0. The largest absolute Gasteiger partial charge is 0.481 e. The van der Waals surface area contributed by atoms with Crippen LogP contribution in [0.4, 0.5) is 4.79 Å². The molecule has 0 aromatic rings. The van der Waals surface area contributed by atoms with Crippen molar-refractivity contribution in [2.75, 3.05) is 13.1 Å². The molecule has 0 saturated heterocycles. The molecule has 0 spiro atoms. The number of aliphatic carboxylic acids is 1. The number of nitrogens with one attached hydrogen (secondary N) is 1. The molecule has 102 valence electrons. The maximum absolute atomic E-state index is 11.9. The van der Waals surface area contributed by atoms with Crippen molar-refractivity contribution in [3.8, 4) is 0 Å². The number of carbonyl (C=O) groups excluding carboxylic acids is 1. The van der Waals surface area contributed by atoms with E-state index in [4.69, 9.17) is 5.11 Å². The molecule has 1 atom stereocenters. The van der Waals surface area contributed by atoms with E-state index in [1.807, 2.05) is 6.92 Å². The van der Waals surface area contributed by atoms with Gasteiger partial charge in [-0.3, -0.25) is 4.79 Å². The van der Waals surface area contributed by atoms with Gasteiger partial charge in [-0.25, -0.2) is 4.79 Å². The van der Waals surface area contributed by atoms with Crippen molar-refractivity contribution in [2.45, 2.75) is 32.2 Å². The molecular weight excluding hydrogens is 232 g/mol. The first-order chi connectivity index (χ1) is 8.54. The Balaban J connectivity index is 4.47. The lowest BCUT2D eigenvalue weighted by Gasteiger charge is -2.24. The fourth-order valence-electron chi connectivity index (χ4n) is 1.60. The van der Waals surface area contributed by atoms with Crippen LogP contribution in [-0.4, -0.2) is 41.1 Å². The molecule has 0 radical (unpaired) electrons. The molecular formula is C13H22N2O3. The Labute approximate surface area is 108 Å². The molecule has 0 bridgehead atoms. The molecule has 0 rings (SSSR count). The van der Waals surface area contributed by atoms with Crippen molar-refractivity contribution in [1.82, 2.24) is 10.2 Å². The number of hydrogen-bond donors (Lipinski definition) is 2. The monoisotopic (exact) mass is 254 g/mol. The van der Waals surface area contributed by atoms with Gasteiger partial charge in [0.15, 0.2) is 0 Å². The summed E-state index contributed by atoms with van der Waals surface area (Å²) in [6, 6.07) is -0.619. The molecule has 0 aromatic carbocycles. The molecule has 2 amide bonds. The Kier molecular flexibility index (Phi) is 8.35. The summed E-state index contributed by atoms with van der Waals surface area (Å²) < 4.78 is 0. The minimum absolute atomic E-state index is 0.0599. The summed E-state index contributed by atoms with van der Waals surface area (Å²) in [7, 11) is 0. The highest BCUT2D eigenvalue weighted by atomic mass is 16.4. The second-order valence-corrected chi connectivity index (χ2v) is 4.02. The Bertz CT molecular complexity index is 293. The van der Waals surface area contributed by atoms with Crippen molar-refractivity contribution in [1.29, 1.82) is 0 Å². The predicted molar refractivity (Wildman–Crippen MR) is 71.4 cm³/mol. The lowest BCUT2D eigenvalue weighted by Crippen LogP contribution is -2.45. The Morgan fingerprint density at radius 1 is 1.33 bits per heavy atom. The van der Waals surface area contributed by atoms with E-state index in [0.717, 1.165) is 6.42 Å². The Hall–Kier alpha value is -1.78. The fraction of sp³-hybridized carbons (Fsp3) is 0.538. The van der Waals surface area contributed by atoms with Crippen molar-refractivity contribution >= 4 is 12.0 Å². The molecule has 0 aliphatic heterocycles. The van der Waals surface area contributed by atoms with Crippen molar-refractivity contribution in [3.63, 3.8) is 0 Å². The van der Waals surface area contributed by atoms with Crippen LogP contribution in [0.15, 0.2) is 25.3 Å². The minimum atomic E-state index is -0.909. The molecule has 0 aromatic heterocycles. The molecule has 0 aliphatic rings. The SMILES string of the molecule is C=CCN(CC=C)C(=O)NC(CCC)CC(=O)O. The molecule has 1 unspecified atom stereocenters. The summed E-state index contributed by atoms with van der Waals surface area (Å²) in [5.74, 6) is -0.909. The van der Waals surface area contributed by atoms with Crippen LogP contribution < -0.4 is 5.32 Å². The number of nitrogens with zero attached hydrogens (tertiary/aromatic N) is 1. The lowest BCUT2D eigenvalue weighted by atomic mass is 10.1. The third kappa shape index (κ3) is 6.73. The van der Waals surface area contributed by atoms with Crippen molar-refractivity contribution < 1.29 is 14.7 Å². The maximum atomic E-state index is 11.9. The highest BCUT2D eigenvalue weighted by Gasteiger charge is 2.18. The first-order valence-electron chi connectivity index (χ1n) is 6.04. The summed E-state index contributed by atoms with van der Waals surface area (Å²) in [6.45, 7) is 9.92. The quantitative estimate of drug-likeness (QED) is 0.618. The molecule has 5 nitrogen and oxygen atoms in total.